The smallest absolute Gasteiger partial charge is 0.237 e. The zero-order chi connectivity index (χ0) is 15.9. The number of fused-ring (bicyclic) bond motifs is 1. The molecular formula is C16H24FN3O2. The number of amides is 1. The van der Waals surface area contributed by atoms with Crippen molar-refractivity contribution in [2.24, 2.45) is 11.8 Å². The molecule has 1 heterocycles. The van der Waals surface area contributed by atoms with E-state index in [1.165, 1.54) is 4.90 Å². The van der Waals surface area contributed by atoms with Gasteiger partial charge < -0.3 is 15.3 Å². The highest BCUT2D eigenvalue weighted by Gasteiger charge is 2.47. The lowest BCUT2D eigenvalue weighted by molar-refractivity contribution is -0.130. The molecule has 3 rings (SSSR count). The van der Waals surface area contributed by atoms with E-state index in [2.05, 4.69) is 12.2 Å². The Balaban J connectivity index is 1.53. The van der Waals surface area contributed by atoms with Gasteiger partial charge in [0.25, 0.3) is 0 Å². The van der Waals surface area contributed by atoms with Crippen LogP contribution in [-0.2, 0) is 4.79 Å². The molecule has 1 aliphatic heterocycles. The zero-order valence-electron chi connectivity index (χ0n) is 13.0. The van der Waals surface area contributed by atoms with E-state index >= 15 is 0 Å². The van der Waals surface area contributed by atoms with Crippen molar-refractivity contribution < 1.29 is 14.3 Å². The van der Waals surface area contributed by atoms with E-state index in [9.17, 15) is 14.3 Å². The van der Waals surface area contributed by atoms with Crippen LogP contribution in [0.3, 0.4) is 0 Å². The lowest BCUT2D eigenvalue weighted by atomic mass is 9.96. The fourth-order valence-corrected chi connectivity index (χ4v) is 4.64. The van der Waals surface area contributed by atoms with Crippen molar-refractivity contribution in [3.8, 4) is 6.07 Å². The molecule has 3 aliphatic rings. The average Bonchev–Trinajstić information content (AvgIpc) is 3.07. The first kappa shape index (κ1) is 15.7. The summed E-state index contributed by atoms with van der Waals surface area (Å²) in [6, 6.07) is 1.38. The van der Waals surface area contributed by atoms with Crippen molar-refractivity contribution in [1.29, 1.82) is 5.26 Å². The summed E-state index contributed by atoms with van der Waals surface area (Å²) in [4.78, 5) is 13.6. The summed E-state index contributed by atoms with van der Waals surface area (Å²) in [6.07, 6.45) is 2.54. The minimum absolute atomic E-state index is 0.0346. The van der Waals surface area contributed by atoms with E-state index < -0.39 is 12.2 Å². The predicted octanol–water partition coefficient (Wildman–Crippen LogP) is 0.978. The van der Waals surface area contributed by atoms with Crippen molar-refractivity contribution in [1.82, 2.24) is 10.2 Å². The van der Waals surface area contributed by atoms with E-state index in [0.29, 0.717) is 11.8 Å². The standard InChI is InChI=1S/C16H24FN3O2/c1-16(5-10-2-14(21)3-11(10)6-16)19-8-15(22)20-9-12(17)4-13(20)7-18/h10-14,19,21H,2-6,8-9H2,1H3/t10-,11+,12-,13-,14?,16?/m0/s1. The monoisotopic (exact) mass is 309 g/mol. The van der Waals surface area contributed by atoms with Crippen molar-refractivity contribution >= 4 is 5.91 Å². The van der Waals surface area contributed by atoms with Gasteiger partial charge in [0.15, 0.2) is 0 Å². The lowest BCUT2D eigenvalue weighted by Gasteiger charge is -2.29. The SMILES string of the molecule is CC1(NCC(=O)N2C[C@@H](F)C[C@H]2C#N)C[C@H]2CC(O)C[C@H]2C1. The van der Waals surface area contributed by atoms with Crippen LogP contribution in [0.4, 0.5) is 4.39 Å². The van der Waals surface area contributed by atoms with Gasteiger partial charge in [-0.15, -0.1) is 0 Å². The second-order valence-electron chi connectivity index (χ2n) is 7.49. The second-order valence-corrected chi connectivity index (χ2v) is 7.49. The topological polar surface area (TPSA) is 76.4 Å². The van der Waals surface area contributed by atoms with Gasteiger partial charge in [0.2, 0.25) is 5.91 Å². The predicted molar refractivity (Wildman–Crippen MR) is 78.5 cm³/mol. The summed E-state index contributed by atoms with van der Waals surface area (Å²) >= 11 is 0. The quantitative estimate of drug-likeness (QED) is 0.815. The molecule has 6 heteroatoms. The van der Waals surface area contributed by atoms with Gasteiger partial charge in [0, 0.05) is 12.0 Å². The highest BCUT2D eigenvalue weighted by Crippen LogP contribution is 2.48. The van der Waals surface area contributed by atoms with E-state index in [-0.39, 0.29) is 37.1 Å². The Hall–Kier alpha value is -1.19. The molecule has 5 nitrogen and oxygen atoms in total. The average molecular weight is 309 g/mol. The number of carbonyl (C=O) groups excluding carboxylic acids is 1. The Morgan fingerprint density at radius 3 is 2.64 bits per heavy atom. The van der Waals surface area contributed by atoms with Crippen molar-refractivity contribution in [3.05, 3.63) is 0 Å². The molecule has 0 spiro atoms. The number of hydrogen-bond acceptors (Lipinski definition) is 4. The number of nitrogens with one attached hydrogen (secondary N) is 1. The fourth-order valence-electron chi connectivity index (χ4n) is 4.64. The molecule has 1 saturated heterocycles. The first-order valence-electron chi connectivity index (χ1n) is 8.16. The largest absolute Gasteiger partial charge is 0.393 e. The molecule has 1 amide bonds. The first-order chi connectivity index (χ1) is 10.4. The van der Waals surface area contributed by atoms with Gasteiger partial charge in [0.1, 0.15) is 12.2 Å². The van der Waals surface area contributed by atoms with Crippen LogP contribution in [0, 0.1) is 23.2 Å². The maximum atomic E-state index is 13.4. The van der Waals surface area contributed by atoms with Crippen LogP contribution in [0.5, 0.6) is 0 Å². The van der Waals surface area contributed by atoms with E-state index in [1.54, 1.807) is 0 Å². The van der Waals surface area contributed by atoms with Gasteiger partial charge in [-0.2, -0.15) is 5.26 Å². The molecular weight excluding hydrogens is 285 g/mol. The number of halogens is 1. The number of aliphatic hydroxyl groups excluding tert-OH is 1. The number of alkyl halides is 1. The van der Waals surface area contributed by atoms with E-state index in [0.717, 1.165) is 25.7 Å². The van der Waals surface area contributed by atoms with Gasteiger partial charge >= 0.3 is 0 Å². The number of nitrogens with zero attached hydrogens (tertiary/aromatic N) is 2. The molecule has 3 fully saturated rings. The molecule has 22 heavy (non-hydrogen) atoms. The maximum Gasteiger partial charge on any atom is 0.237 e. The highest BCUT2D eigenvalue weighted by molar-refractivity contribution is 5.79. The van der Waals surface area contributed by atoms with Crippen LogP contribution < -0.4 is 5.32 Å². The lowest BCUT2D eigenvalue weighted by Crippen LogP contribution is -2.48. The molecule has 0 bridgehead atoms. The third kappa shape index (κ3) is 2.97. The van der Waals surface area contributed by atoms with Crippen molar-refractivity contribution in [3.63, 3.8) is 0 Å². The summed E-state index contributed by atoms with van der Waals surface area (Å²) in [6.45, 7) is 2.31. The normalized spacial score (nSPS) is 44.1. The van der Waals surface area contributed by atoms with Crippen molar-refractivity contribution in [2.75, 3.05) is 13.1 Å². The fraction of sp³-hybridized carbons (Fsp3) is 0.875. The summed E-state index contributed by atoms with van der Waals surface area (Å²) in [7, 11) is 0. The number of carbonyl (C=O) groups is 1. The van der Waals surface area contributed by atoms with E-state index in [4.69, 9.17) is 5.26 Å². The van der Waals surface area contributed by atoms with Crippen LogP contribution in [0.2, 0.25) is 0 Å². The molecule has 6 atom stereocenters. The van der Waals surface area contributed by atoms with Gasteiger partial charge in [-0.05, 0) is 44.4 Å². The Labute approximate surface area is 130 Å². The van der Waals surface area contributed by atoms with Crippen LogP contribution >= 0.6 is 0 Å². The Kier molecular flexibility index (Phi) is 4.13. The summed E-state index contributed by atoms with van der Waals surface area (Å²) in [5, 5.41) is 22.0. The van der Waals surface area contributed by atoms with Gasteiger partial charge in [-0.1, -0.05) is 0 Å². The number of likely N-dealkylation sites (tertiary alicyclic amines) is 1. The minimum atomic E-state index is -1.09. The Bertz CT molecular complexity index is 478. The molecule has 2 saturated carbocycles. The first-order valence-corrected chi connectivity index (χ1v) is 8.16. The molecule has 2 N–H and O–H groups in total. The molecule has 0 aromatic rings. The Morgan fingerprint density at radius 1 is 1.41 bits per heavy atom. The summed E-state index contributed by atoms with van der Waals surface area (Å²) < 4.78 is 13.4. The third-order valence-corrected chi connectivity index (χ3v) is 5.63. The molecule has 2 unspecified atom stereocenters. The summed E-state index contributed by atoms with van der Waals surface area (Å²) in [5.74, 6) is 0.887. The molecule has 2 aliphatic carbocycles. The number of aliphatic hydroxyl groups is 1. The molecule has 0 aromatic carbocycles. The molecule has 0 aromatic heterocycles. The molecule has 0 radical (unpaired) electrons. The van der Waals surface area contributed by atoms with Crippen LogP contribution in [0.1, 0.15) is 39.0 Å². The van der Waals surface area contributed by atoms with Crippen LogP contribution in [0.25, 0.3) is 0 Å². The number of rotatable bonds is 3. The highest BCUT2D eigenvalue weighted by atomic mass is 19.1. The van der Waals surface area contributed by atoms with Crippen LogP contribution in [-0.4, -0.2) is 52.9 Å². The van der Waals surface area contributed by atoms with Gasteiger partial charge in [-0.3, -0.25) is 4.79 Å². The van der Waals surface area contributed by atoms with Gasteiger partial charge in [-0.25, -0.2) is 4.39 Å². The Morgan fingerprint density at radius 2 is 2.05 bits per heavy atom. The zero-order valence-corrected chi connectivity index (χ0v) is 13.0. The van der Waals surface area contributed by atoms with Crippen molar-refractivity contribution in [2.45, 2.75) is 62.9 Å². The van der Waals surface area contributed by atoms with Crippen LogP contribution in [0.15, 0.2) is 0 Å². The molecule has 122 valence electrons. The van der Waals surface area contributed by atoms with E-state index in [1.807, 2.05) is 6.07 Å². The number of nitriles is 1. The minimum Gasteiger partial charge on any atom is -0.393 e. The number of hydrogen-bond donors (Lipinski definition) is 2. The third-order valence-electron chi connectivity index (χ3n) is 5.63. The summed E-state index contributed by atoms with van der Waals surface area (Å²) in [5.41, 5.74) is -0.0951. The van der Waals surface area contributed by atoms with Gasteiger partial charge in [0.05, 0.1) is 25.3 Å². The maximum absolute atomic E-state index is 13.4. The second kappa shape index (κ2) is 5.78.